The summed E-state index contributed by atoms with van der Waals surface area (Å²) in [7, 11) is -1.46. The summed E-state index contributed by atoms with van der Waals surface area (Å²) in [6.07, 6.45) is 0. The Bertz CT molecular complexity index is 212. The van der Waals surface area contributed by atoms with Crippen molar-refractivity contribution in [2.75, 3.05) is 0 Å². The van der Waals surface area contributed by atoms with Crippen LogP contribution in [-0.2, 0) is 0 Å². The van der Waals surface area contributed by atoms with Gasteiger partial charge in [-0.25, -0.2) is 0 Å². The molecule has 5 heteroatoms. The fraction of sp³-hybridized carbons (Fsp3) is 0. The molecule has 0 aliphatic rings. The van der Waals surface area contributed by atoms with Crippen molar-refractivity contribution >= 4 is 31.4 Å². The van der Waals surface area contributed by atoms with Crippen LogP contribution in [0.25, 0.3) is 0 Å². The zero-order chi connectivity index (χ0) is 7.56. The van der Waals surface area contributed by atoms with E-state index in [-0.39, 0.29) is 24.6 Å². The first kappa shape index (κ1) is 10.6. The monoisotopic (exact) mass is 146 g/mol. The Morgan fingerprint density at radius 3 is 1.82 bits per heavy atom. The van der Waals surface area contributed by atoms with Crippen molar-refractivity contribution in [3.8, 4) is 5.75 Å². The van der Waals surface area contributed by atoms with Crippen LogP contribution in [0, 0.1) is 0 Å². The molecular weight excluding hydrogens is 138 g/mol. The molecule has 0 heterocycles. The van der Waals surface area contributed by atoms with Gasteiger partial charge in [0, 0.05) is 0 Å². The van der Waals surface area contributed by atoms with Crippen LogP contribution in [0.4, 0.5) is 0 Å². The zero-order valence-corrected chi connectivity index (χ0v) is 5.23. The quantitative estimate of drug-likeness (QED) is 0.419. The third-order valence-electron chi connectivity index (χ3n) is 1.19. The molecule has 0 unspecified atom stereocenters. The molecule has 0 radical (unpaired) electrons. The molecule has 0 aliphatic carbocycles. The number of benzene rings is 1. The molecule has 0 aromatic heterocycles. The Hall–Kier alpha value is -0.398. The summed E-state index contributed by atoms with van der Waals surface area (Å²) in [5, 5.41) is 26.0. The van der Waals surface area contributed by atoms with Crippen LogP contribution in [0.2, 0.25) is 0 Å². The van der Waals surface area contributed by atoms with Crippen molar-refractivity contribution in [3.05, 3.63) is 24.3 Å². The summed E-state index contributed by atoms with van der Waals surface area (Å²) in [6, 6.07) is 5.68. The van der Waals surface area contributed by atoms with Gasteiger partial charge in [0.15, 0.2) is 0 Å². The van der Waals surface area contributed by atoms with Crippen LogP contribution in [-0.4, -0.2) is 41.1 Å². The Labute approximate surface area is 77.0 Å². The molecule has 54 valence electrons. The normalized spacial score (nSPS) is 8.55. The Balaban J connectivity index is 0.000001000. The minimum absolute atomic E-state index is 0. The predicted molar refractivity (Wildman–Crippen MR) is 45.1 cm³/mol. The summed E-state index contributed by atoms with van der Waals surface area (Å²) in [5.41, 5.74) is 0.373. The molecule has 0 fully saturated rings. The van der Waals surface area contributed by atoms with Gasteiger partial charge in [-0.15, -0.1) is 0 Å². The first-order valence-corrected chi connectivity index (χ1v) is 2.85. The summed E-state index contributed by atoms with van der Waals surface area (Å²) in [5.74, 6) is 0.115. The summed E-state index contributed by atoms with van der Waals surface area (Å²) in [6.45, 7) is 0. The van der Waals surface area contributed by atoms with Gasteiger partial charge < -0.3 is 15.2 Å². The molecule has 3 nitrogen and oxygen atoms in total. The van der Waals surface area contributed by atoms with E-state index in [2.05, 4.69) is 0 Å². The van der Waals surface area contributed by atoms with Crippen LogP contribution >= 0.6 is 0 Å². The third kappa shape index (κ3) is 3.00. The van der Waals surface area contributed by atoms with Crippen molar-refractivity contribution in [2.45, 2.75) is 0 Å². The van der Waals surface area contributed by atoms with E-state index in [1.807, 2.05) is 0 Å². The van der Waals surface area contributed by atoms with Crippen LogP contribution < -0.4 is 5.46 Å². The van der Waals surface area contributed by atoms with Gasteiger partial charge in [0.25, 0.3) is 0 Å². The van der Waals surface area contributed by atoms with Crippen LogP contribution in [0.1, 0.15) is 0 Å². The van der Waals surface area contributed by atoms with Gasteiger partial charge in [-0.3, -0.25) is 0 Å². The fourth-order valence-electron chi connectivity index (χ4n) is 0.646. The third-order valence-corrected chi connectivity index (χ3v) is 1.19. The number of phenolic OH excluding ortho intramolecular Hbond substituents is 1. The van der Waals surface area contributed by atoms with Gasteiger partial charge in [0.1, 0.15) is 5.75 Å². The van der Waals surface area contributed by atoms with Crippen molar-refractivity contribution in [3.63, 3.8) is 0 Å². The SMILES string of the molecule is OB(O)c1ccc(O)cc1.[LiH]. The van der Waals surface area contributed by atoms with E-state index >= 15 is 0 Å². The number of rotatable bonds is 1. The van der Waals surface area contributed by atoms with Crippen molar-refractivity contribution in [2.24, 2.45) is 0 Å². The Morgan fingerprint density at radius 2 is 1.45 bits per heavy atom. The molecule has 1 aromatic rings. The first-order chi connectivity index (χ1) is 4.70. The van der Waals surface area contributed by atoms with Gasteiger partial charge in [-0.05, 0) is 17.6 Å². The fourth-order valence-corrected chi connectivity index (χ4v) is 0.646. The standard InChI is InChI=1S/C6H7BO3.Li.H/c8-6-3-1-5(2-4-6)7(9)10;;/h1-4,8-10H;;. The molecule has 0 spiro atoms. The number of phenols is 1. The van der Waals surface area contributed by atoms with Gasteiger partial charge in [0.2, 0.25) is 0 Å². The number of hydrogen-bond acceptors (Lipinski definition) is 3. The molecule has 11 heavy (non-hydrogen) atoms. The second kappa shape index (κ2) is 4.47. The van der Waals surface area contributed by atoms with Crippen LogP contribution in [0.3, 0.4) is 0 Å². The molecule has 0 aliphatic heterocycles. The van der Waals surface area contributed by atoms with E-state index in [0.29, 0.717) is 5.46 Å². The van der Waals surface area contributed by atoms with Gasteiger partial charge >= 0.3 is 26.0 Å². The van der Waals surface area contributed by atoms with Crippen molar-refractivity contribution in [1.29, 1.82) is 0 Å². The average Bonchev–Trinajstić information content (AvgIpc) is 1.88. The molecular formula is C6H8BLiO3. The maximum absolute atomic E-state index is 8.78. The number of hydrogen-bond donors (Lipinski definition) is 3. The first-order valence-electron chi connectivity index (χ1n) is 2.85. The van der Waals surface area contributed by atoms with E-state index in [1.54, 1.807) is 0 Å². The zero-order valence-electron chi connectivity index (χ0n) is 5.23. The van der Waals surface area contributed by atoms with Crippen LogP contribution in [0.15, 0.2) is 24.3 Å². The average molecular weight is 146 g/mol. The molecule has 3 N–H and O–H groups in total. The Kier molecular flexibility index (Phi) is 4.31. The second-order valence-electron chi connectivity index (χ2n) is 1.97. The van der Waals surface area contributed by atoms with Crippen molar-refractivity contribution < 1.29 is 15.2 Å². The number of aromatic hydroxyl groups is 1. The predicted octanol–water partition coefficient (Wildman–Crippen LogP) is -1.58. The summed E-state index contributed by atoms with van der Waals surface area (Å²) < 4.78 is 0. The van der Waals surface area contributed by atoms with Crippen molar-refractivity contribution in [1.82, 2.24) is 0 Å². The van der Waals surface area contributed by atoms with E-state index in [4.69, 9.17) is 15.2 Å². The second-order valence-corrected chi connectivity index (χ2v) is 1.97. The molecule has 0 bridgehead atoms. The summed E-state index contributed by atoms with van der Waals surface area (Å²) in [4.78, 5) is 0. The van der Waals surface area contributed by atoms with E-state index in [1.165, 1.54) is 24.3 Å². The maximum atomic E-state index is 8.78. The van der Waals surface area contributed by atoms with Gasteiger partial charge in [-0.2, -0.15) is 0 Å². The molecule has 0 amide bonds. The van der Waals surface area contributed by atoms with E-state index in [9.17, 15) is 0 Å². The van der Waals surface area contributed by atoms with E-state index in [0.717, 1.165) is 0 Å². The van der Waals surface area contributed by atoms with Gasteiger partial charge in [-0.1, -0.05) is 12.1 Å². The molecule has 0 atom stereocenters. The molecule has 0 saturated carbocycles. The summed E-state index contributed by atoms with van der Waals surface area (Å²) >= 11 is 0. The minimum atomic E-state index is -1.46. The topological polar surface area (TPSA) is 60.7 Å². The van der Waals surface area contributed by atoms with E-state index < -0.39 is 7.12 Å². The molecule has 1 aromatic carbocycles. The Morgan fingerprint density at radius 1 is 1.00 bits per heavy atom. The van der Waals surface area contributed by atoms with Gasteiger partial charge in [0.05, 0.1) is 0 Å². The molecule has 0 saturated heterocycles. The molecule has 1 rings (SSSR count). The van der Waals surface area contributed by atoms with Crippen LogP contribution in [0.5, 0.6) is 5.75 Å².